The van der Waals surface area contributed by atoms with Gasteiger partial charge in [0.05, 0.1) is 42.7 Å². The van der Waals surface area contributed by atoms with E-state index in [9.17, 15) is 28.8 Å². The van der Waals surface area contributed by atoms with Crippen LogP contribution in [0.25, 0.3) is 43.4 Å². The van der Waals surface area contributed by atoms with E-state index in [2.05, 4.69) is 0 Å². The van der Waals surface area contributed by atoms with Crippen molar-refractivity contribution in [2.45, 2.75) is 13.2 Å². The Morgan fingerprint density at radius 3 is 1.17 bits per heavy atom. The Balaban J connectivity index is 1.17. The lowest BCUT2D eigenvalue weighted by Gasteiger charge is -2.10. The molecule has 8 aromatic rings. The lowest BCUT2D eigenvalue weighted by atomic mass is 10.0. The molecule has 60 heavy (non-hydrogen) atoms. The molecule has 0 spiro atoms. The molecular weight excluding hydrogens is 797 g/mol. The van der Waals surface area contributed by atoms with Gasteiger partial charge in [0.15, 0.2) is 23.1 Å². The minimum atomic E-state index is -0.679. The molecule has 2 aliphatic rings. The molecule has 0 saturated carbocycles. The van der Waals surface area contributed by atoms with Crippen molar-refractivity contribution in [1.82, 2.24) is 9.97 Å². The second-order valence-corrected chi connectivity index (χ2v) is 16.1. The van der Waals surface area contributed by atoms with Gasteiger partial charge in [0.1, 0.15) is 23.2 Å². The summed E-state index contributed by atoms with van der Waals surface area (Å²) in [6.07, 6.45) is 2.86. The summed E-state index contributed by atoms with van der Waals surface area (Å²) in [6, 6.07) is 34.8. The quantitative estimate of drug-likeness (QED) is 0.0825. The van der Waals surface area contributed by atoms with Gasteiger partial charge >= 0.3 is 11.9 Å². The van der Waals surface area contributed by atoms with Crippen molar-refractivity contribution in [1.29, 1.82) is 0 Å². The van der Waals surface area contributed by atoms with Crippen LogP contribution in [-0.2, 0) is 22.7 Å². The Labute approximate surface area is 348 Å². The minimum absolute atomic E-state index is 0.0220. The number of carbonyl (C=O) groups is 6. The molecule has 2 aliphatic carbocycles. The number of hydrogen-bond acceptors (Lipinski definition) is 12. The summed E-state index contributed by atoms with van der Waals surface area (Å²) in [7, 11) is 0. The molecule has 2 heterocycles. The molecule has 0 N–H and O–H groups in total. The number of aromatic nitrogens is 2. The minimum Gasteiger partial charge on any atom is -0.457 e. The number of Topliss-reactive ketones (excluding diaryl/α,β-unsaturated/α-hetero) is 4. The molecule has 0 fully saturated rings. The smallest absolute Gasteiger partial charge is 0.340 e. The highest BCUT2D eigenvalue weighted by atomic mass is 32.1. The molecule has 0 unspecified atom stereocenters. The van der Waals surface area contributed by atoms with E-state index >= 15 is 0 Å². The molecule has 10 rings (SSSR count). The van der Waals surface area contributed by atoms with Gasteiger partial charge in [-0.3, -0.25) is 19.2 Å². The van der Waals surface area contributed by atoms with Gasteiger partial charge in [0, 0.05) is 33.0 Å². The van der Waals surface area contributed by atoms with Gasteiger partial charge in [0.25, 0.3) is 0 Å². The summed E-state index contributed by atoms with van der Waals surface area (Å²) in [6.45, 7) is -0.0440. The Morgan fingerprint density at radius 2 is 0.817 bits per heavy atom. The number of fused-ring (bicyclic) bond motifs is 7. The maximum atomic E-state index is 14.1. The van der Waals surface area contributed by atoms with E-state index in [0.29, 0.717) is 42.4 Å². The zero-order valence-electron chi connectivity index (χ0n) is 31.1. The molecule has 0 bridgehead atoms. The second kappa shape index (κ2) is 14.7. The predicted octanol–water partition coefficient (Wildman–Crippen LogP) is 9.70. The fourth-order valence-electron chi connectivity index (χ4n) is 7.45. The Bertz CT molecular complexity index is 2980. The van der Waals surface area contributed by atoms with Gasteiger partial charge in [-0.2, -0.15) is 0 Å². The van der Waals surface area contributed by atoms with Gasteiger partial charge in [-0.05, 0) is 35.4 Å². The summed E-state index contributed by atoms with van der Waals surface area (Å²) in [4.78, 5) is 91.4. The van der Waals surface area contributed by atoms with Crippen LogP contribution >= 0.6 is 22.7 Å². The topological polar surface area (TPSA) is 147 Å². The highest BCUT2D eigenvalue weighted by Gasteiger charge is 2.35. The fraction of sp³-hybridized carbons (Fsp3) is 0.0417. The van der Waals surface area contributed by atoms with Crippen LogP contribution in [0.2, 0.25) is 0 Å². The number of ketones is 4. The van der Waals surface area contributed by atoms with E-state index in [0.717, 1.165) is 33.8 Å². The lowest BCUT2D eigenvalue weighted by Crippen LogP contribution is -2.08. The second-order valence-electron chi connectivity index (χ2n) is 14.1. The number of esters is 2. The zero-order chi connectivity index (χ0) is 41.1. The number of rotatable bonds is 8. The third-order valence-corrected chi connectivity index (χ3v) is 12.4. The van der Waals surface area contributed by atoms with Crippen LogP contribution in [0, 0.1) is 0 Å². The van der Waals surface area contributed by atoms with Gasteiger partial charge in [-0.25, -0.2) is 19.6 Å². The molecule has 0 amide bonds. The number of hydrogen-bond donors (Lipinski definition) is 0. The summed E-state index contributed by atoms with van der Waals surface area (Å²) >= 11 is 2.28. The molecule has 0 atom stereocenters. The Hall–Kier alpha value is -7.54. The number of thiazole rings is 2. The van der Waals surface area contributed by atoms with E-state index in [1.54, 1.807) is 60.7 Å². The maximum Gasteiger partial charge on any atom is 0.340 e. The van der Waals surface area contributed by atoms with Crippen molar-refractivity contribution in [3.63, 3.8) is 0 Å². The molecule has 10 nitrogen and oxygen atoms in total. The average Bonchev–Trinajstić information content (AvgIpc) is 4.03. The average molecular weight is 823 g/mol. The first-order valence-corrected chi connectivity index (χ1v) is 20.3. The largest absolute Gasteiger partial charge is 0.457 e. The van der Waals surface area contributed by atoms with E-state index in [1.165, 1.54) is 12.2 Å². The molecule has 0 saturated heterocycles. The van der Waals surface area contributed by atoms with Crippen molar-refractivity contribution < 1.29 is 38.2 Å². The Morgan fingerprint density at radius 1 is 0.483 bits per heavy atom. The highest BCUT2D eigenvalue weighted by Crippen LogP contribution is 2.42. The van der Waals surface area contributed by atoms with Crippen LogP contribution < -0.4 is 0 Å². The van der Waals surface area contributed by atoms with Crippen LogP contribution in [0.5, 0.6) is 0 Å². The standard InChI is InChI=1S/C48H26N2O8S2/c51-41-27-15-7-8-16-28(27)42(52)35(41)21-37-49-39-33(47(55)57-23-25-11-3-1-4-12-25)19-31-32(45(39)59-37)20-34(48(56)58-24-26-13-5-2-6-14-26)40-46(31)60-38(50-40)22-36-43(53)29-17-9-10-18-30(29)44(36)54/h1-22H,23-24H2. The van der Waals surface area contributed by atoms with E-state index in [4.69, 9.17) is 19.4 Å². The molecule has 288 valence electrons. The lowest BCUT2D eigenvalue weighted by molar-refractivity contribution is 0.0466. The van der Waals surface area contributed by atoms with Crippen molar-refractivity contribution in [3.05, 3.63) is 187 Å². The van der Waals surface area contributed by atoms with E-state index < -0.39 is 35.1 Å². The third-order valence-electron chi connectivity index (χ3n) is 10.4. The van der Waals surface area contributed by atoms with Crippen LogP contribution in [0.15, 0.2) is 132 Å². The van der Waals surface area contributed by atoms with Gasteiger partial charge in [0.2, 0.25) is 0 Å². The van der Waals surface area contributed by atoms with Crippen LogP contribution in [0.1, 0.15) is 83.3 Å². The summed E-state index contributed by atoms with van der Waals surface area (Å²) in [5.74, 6) is -3.08. The zero-order valence-corrected chi connectivity index (χ0v) is 32.7. The number of benzene rings is 6. The van der Waals surface area contributed by atoms with Gasteiger partial charge < -0.3 is 9.47 Å². The SMILES string of the molecule is O=C1C(=Cc2nc3c(C(=O)OCc4ccccc4)cc4c(cc(C(=O)OCc5ccccc5)c5nc(C=C6C(=O)c7ccccc7C6=O)sc54)c3s2)C(=O)c2ccccc21. The number of allylic oxidation sites excluding steroid dienone is 2. The molecular formula is C48H26N2O8S2. The van der Waals surface area contributed by atoms with E-state index in [-0.39, 0.29) is 56.5 Å². The first kappa shape index (κ1) is 36.8. The van der Waals surface area contributed by atoms with Crippen LogP contribution in [0.4, 0.5) is 0 Å². The summed E-state index contributed by atoms with van der Waals surface area (Å²) < 4.78 is 12.6. The molecule has 12 heteroatoms. The van der Waals surface area contributed by atoms with Gasteiger partial charge in [-0.15, -0.1) is 22.7 Å². The monoisotopic (exact) mass is 822 g/mol. The first-order chi connectivity index (χ1) is 29.2. The Kier molecular flexibility index (Phi) is 9.00. The predicted molar refractivity (Wildman–Crippen MR) is 228 cm³/mol. The van der Waals surface area contributed by atoms with Gasteiger partial charge in [-0.1, -0.05) is 109 Å². The molecule has 6 aromatic carbocycles. The molecule has 0 aliphatic heterocycles. The van der Waals surface area contributed by atoms with Crippen molar-refractivity contribution in [2.75, 3.05) is 0 Å². The third kappa shape index (κ3) is 6.26. The van der Waals surface area contributed by atoms with Crippen molar-refractivity contribution >= 4 is 101 Å². The van der Waals surface area contributed by atoms with Crippen LogP contribution in [-0.4, -0.2) is 45.0 Å². The molecule has 0 radical (unpaired) electrons. The van der Waals surface area contributed by atoms with Crippen molar-refractivity contribution in [3.8, 4) is 0 Å². The summed E-state index contributed by atoms with van der Waals surface area (Å²) in [5.41, 5.74) is 3.30. The number of carbonyl (C=O) groups excluding carboxylic acids is 6. The highest BCUT2D eigenvalue weighted by molar-refractivity contribution is 7.21. The van der Waals surface area contributed by atoms with Crippen molar-refractivity contribution in [2.24, 2.45) is 0 Å². The molecule has 2 aromatic heterocycles. The van der Waals surface area contributed by atoms with Crippen LogP contribution in [0.3, 0.4) is 0 Å². The summed E-state index contributed by atoms with van der Waals surface area (Å²) in [5, 5.41) is 1.59. The van der Waals surface area contributed by atoms with E-state index in [1.807, 2.05) is 60.7 Å². The number of nitrogens with zero attached hydrogens (tertiary/aromatic N) is 2. The number of ether oxygens (including phenoxy) is 2. The maximum absolute atomic E-state index is 14.1. The first-order valence-electron chi connectivity index (χ1n) is 18.7. The normalized spacial score (nSPS) is 13.3. The fourth-order valence-corrected chi connectivity index (χ4v) is 9.56.